The van der Waals surface area contributed by atoms with Crippen LogP contribution < -0.4 is 5.73 Å². The van der Waals surface area contributed by atoms with Crippen LogP contribution in [0.5, 0.6) is 0 Å². The molecule has 1 atom stereocenters. The van der Waals surface area contributed by atoms with Crippen LogP contribution in [0.25, 0.3) is 0 Å². The minimum absolute atomic E-state index is 0.184. The van der Waals surface area contributed by atoms with Gasteiger partial charge in [-0.3, -0.25) is 4.52 Å². The average molecular weight is 205 g/mol. The van der Waals surface area contributed by atoms with Crippen molar-refractivity contribution in [2.24, 2.45) is 5.73 Å². The third kappa shape index (κ3) is 6.63. The first kappa shape index (κ1) is 11.9. The van der Waals surface area contributed by atoms with Crippen molar-refractivity contribution in [2.75, 3.05) is 13.2 Å². The third-order valence-corrected chi connectivity index (χ3v) is 1.75. The standard InChI is InChI=1S/C4H10F2NO4P/c5-4(6)11-12(8,9)10-3-1-2-7/h4H,1-3,7H2,(H,8,9). The number of nitrogens with two attached hydrogens (primary N) is 1. The zero-order valence-corrected chi connectivity index (χ0v) is 7.05. The summed E-state index contributed by atoms with van der Waals surface area (Å²) in [6, 6.07) is 0. The van der Waals surface area contributed by atoms with Crippen LogP contribution in [0, 0.1) is 0 Å². The molecule has 0 saturated heterocycles. The summed E-state index contributed by atoms with van der Waals surface area (Å²) in [6.45, 7) is -3.26. The van der Waals surface area contributed by atoms with Crippen molar-refractivity contribution >= 4 is 7.82 Å². The average Bonchev–Trinajstić information content (AvgIpc) is 1.84. The van der Waals surface area contributed by atoms with Crippen molar-refractivity contribution in [1.82, 2.24) is 0 Å². The first-order chi connectivity index (χ1) is 5.48. The van der Waals surface area contributed by atoms with E-state index in [0.29, 0.717) is 6.42 Å². The molecule has 0 radical (unpaired) electrons. The molecule has 74 valence electrons. The van der Waals surface area contributed by atoms with Gasteiger partial charge in [0.2, 0.25) is 0 Å². The zero-order chi connectivity index (χ0) is 9.61. The molecule has 3 N–H and O–H groups in total. The van der Waals surface area contributed by atoms with Crippen LogP contribution in [0.4, 0.5) is 8.78 Å². The van der Waals surface area contributed by atoms with Crippen LogP contribution in [0.15, 0.2) is 0 Å². The number of rotatable bonds is 6. The van der Waals surface area contributed by atoms with Crippen LogP contribution in [-0.4, -0.2) is 24.7 Å². The lowest BCUT2D eigenvalue weighted by atomic mass is 10.5. The van der Waals surface area contributed by atoms with Crippen molar-refractivity contribution < 1.29 is 27.3 Å². The van der Waals surface area contributed by atoms with Gasteiger partial charge in [-0.15, -0.1) is 0 Å². The molecule has 8 heteroatoms. The number of alkyl halides is 2. The molecular formula is C4H10F2NO4P. The highest BCUT2D eigenvalue weighted by Crippen LogP contribution is 2.44. The van der Waals surface area contributed by atoms with E-state index in [-0.39, 0.29) is 13.2 Å². The molecule has 0 aliphatic heterocycles. The minimum Gasteiger partial charge on any atom is -0.330 e. The Balaban J connectivity index is 3.64. The second-order valence-corrected chi connectivity index (χ2v) is 3.22. The summed E-state index contributed by atoms with van der Waals surface area (Å²) in [5.41, 5.74) is 5.02. The van der Waals surface area contributed by atoms with E-state index >= 15 is 0 Å². The topological polar surface area (TPSA) is 81.8 Å². The molecule has 0 aromatic rings. The molecule has 0 aliphatic rings. The maximum absolute atomic E-state index is 11.4. The van der Waals surface area contributed by atoms with Gasteiger partial charge in [0.1, 0.15) is 0 Å². The Morgan fingerprint density at radius 3 is 2.58 bits per heavy atom. The Labute approximate surface area is 68.1 Å². The molecule has 0 spiro atoms. The minimum atomic E-state index is -4.58. The fourth-order valence-electron chi connectivity index (χ4n) is 0.394. The first-order valence-electron chi connectivity index (χ1n) is 3.12. The highest BCUT2D eigenvalue weighted by Gasteiger charge is 2.25. The van der Waals surface area contributed by atoms with E-state index in [0.717, 1.165) is 0 Å². The zero-order valence-electron chi connectivity index (χ0n) is 6.15. The van der Waals surface area contributed by atoms with Gasteiger partial charge in [-0.2, -0.15) is 8.78 Å². The second kappa shape index (κ2) is 5.55. The van der Waals surface area contributed by atoms with Gasteiger partial charge in [-0.1, -0.05) is 0 Å². The molecule has 0 bridgehead atoms. The van der Waals surface area contributed by atoms with Crippen molar-refractivity contribution in [3.05, 3.63) is 0 Å². The molecule has 0 aromatic heterocycles. The summed E-state index contributed by atoms with van der Waals surface area (Å²) in [5.74, 6) is 0. The van der Waals surface area contributed by atoms with Gasteiger partial charge in [-0.05, 0) is 13.0 Å². The largest absolute Gasteiger partial charge is 0.476 e. The van der Waals surface area contributed by atoms with Crippen molar-refractivity contribution in [2.45, 2.75) is 13.0 Å². The molecule has 0 aliphatic carbocycles. The summed E-state index contributed by atoms with van der Waals surface area (Å²) in [7, 11) is -4.58. The third-order valence-electron chi connectivity index (χ3n) is 0.816. The van der Waals surface area contributed by atoms with E-state index in [1.165, 1.54) is 0 Å². The quantitative estimate of drug-likeness (QED) is 0.492. The van der Waals surface area contributed by atoms with Gasteiger partial charge in [0.05, 0.1) is 6.61 Å². The molecule has 5 nitrogen and oxygen atoms in total. The van der Waals surface area contributed by atoms with Crippen molar-refractivity contribution in [3.8, 4) is 0 Å². The van der Waals surface area contributed by atoms with E-state index in [1.54, 1.807) is 0 Å². The second-order valence-electron chi connectivity index (χ2n) is 1.81. The van der Waals surface area contributed by atoms with E-state index in [1.807, 2.05) is 0 Å². The summed E-state index contributed by atoms with van der Waals surface area (Å²) in [6.07, 6.45) is 0.303. The van der Waals surface area contributed by atoms with Gasteiger partial charge >= 0.3 is 14.4 Å². The fraction of sp³-hybridized carbons (Fsp3) is 1.00. The first-order valence-corrected chi connectivity index (χ1v) is 4.61. The van der Waals surface area contributed by atoms with Gasteiger partial charge in [0, 0.05) is 0 Å². The highest BCUT2D eigenvalue weighted by molar-refractivity contribution is 7.47. The molecule has 0 fully saturated rings. The summed E-state index contributed by atoms with van der Waals surface area (Å²) in [4.78, 5) is 8.50. The van der Waals surface area contributed by atoms with Crippen molar-refractivity contribution in [1.29, 1.82) is 0 Å². The summed E-state index contributed by atoms with van der Waals surface area (Å²) < 4.78 is 40.7. The smallest absolute Gasteiger partial charge is 0.330 e. The summed E-state index contributed by atoms with van der Waals surface area (Å²) in [5, 5.41) is 0. The predicted octanol–water partition coefficient (Wildman–Crippen LogP) is 0.691. The molecule has 0 aromatic carbocycles. The Morgan fingerprint density at radius 1 is 1.58 bits per heavy atom. The lowest BCUT2D eigenvalue weighted by molar-refractivity contribution is -0.0714. The normalized spacial score (nSPS) is 16.4. The number of phosphoric ester groups is 1. The lowest BCUT2D eigenvalue weighted by Gasteiger charge is -2.10. The predicted molar refractivity (Wildman–Crippen MR) is 36.5 cm³/mol. The number of phosphoric acid groups is 1. The number of hydrogen-bond donors (Lipinski definition) is 2. The fourth-order valence-corrected chi connectivity index (χ4v) is 1.02. The lowest BCUT2D eigenvalue weighted by Crippen LogP contribution is -2.05. The van der Waals surface area contributed by atoms with Crippen LogP contribution in [0.2, 0.25) is 0 Å². The number of hydrogen-bond acceptors (Lipinski definition) is 4. The van der Waals surface area contributed by atoms with Gasteiger partial charge in [0.15, 0.2) is 0 Å². The Bertz CT molecular complexity index is 167. The van der Waals surface area contributed by atoms with E-state index in [9.17, 15) is 13.3 Å². The molecule has 0 heterocycles. The maximum Gasteiger partial charge on any atom is 0.476 e. The maximum atomic E-state index is 11.4. The highest BCUT2D eigenvalue weighted by atomic mass is 31.2. The van der Waals surface area contributed by atoms with Crippen molar-refractivity contribution in [3.63, 3.8) is 0 Å². The summed E-state index contributed by atoms with van der Waals surface area (Å²) >= 11 is 0. The van der Waals surface area contributed by atoms with Gasteiger partial charge in [-0.25, -0.2) is 9.09 Å². The number of halogens is 2. The molecule has 0 saturated carbocycles. The molecule has 1 unspecified atom stereocenters. The Hall–Kier alpha value is -0.0700. The van der Waals surface area contributed by atoms with E-state index in [2.05, 4.69) is 9.05 Å². The van der Waals surface area contributed by atoms with Crippen LogP contribution in [-0.2, 0) is 13.6 Å². The van der Waals surface area contributed by atoms with Crippen LogP contribution in [0.1, 0.15) is 6.42 Å². The van der Waals surface area contributed by atoms with E-state index < -0.39 is 14.4 Å². The van der Waals surface area contributed by atoms with Crippen LogP contribution in [0.3, 0.4) is 0 Å². The molecule has 0 amide bonds. The molecule has 0 rings (SSSR count). The SMILES string of the molecule is NCCCOP(=O)(O)OC(F)F. The molecular weight excluding hydrogens is 195 g/mol. The van der Waals surface area contributed by atoms with E-state index in [4.69, 9.17) is 10.6 Å². The Morgan fingerprint density at radius 2 is 2.17 bits per heavy atom. The molecule has 12 heavy (non-hydrogen) atoms. The van der Waals surface area contributed by atoms with Crippen LogP contribution >= 0.6 is 7.82 Å². The Kier molecular flexibility index (Phi) is 5.52. The van der Waals surface area contributed by atoms with Gasteiger partial charge < -0.3 is 10.6 Å². The monoisotopic (exact) mass is 205 g/mol. The van der Waals surface area contributed by atoms with Gasteiger partial charge in [0.25, 0.3) is 0 Å².